The Balaban J connectivity index is 1.20. The molecule has 0 radical (unpaired) electrons. The molecule has 0 fully saturated rings. The SMILES string of the molecule is c1ccc(-c2nc(-c3ccccc3)nc(-c3ccc4c(c3)-c3ccccc3C43c4ccccc4-n4c5ccccc5c5cccc3c54)n2)cc1. The van der Waals surface area contributed by atoms with Crippen LogP contribution in [-0.2, 0) is 5.41 Å². The second kappa shape index (κ2) is 10.2. The lowest BCUT2D eigenvalue weighted by Gasteiger charge is -2.39. The van der Waals surface area contributed by atoms with Crippen LogP contribution in [0, 0.1) is 0 Å². The molecule has 0 amide bonds. The lowest BCUT2D eigenvalue weighted by Crippen LogP contribution is -2.33. The Bertz CT molecular complexity index is 2760. The van der Waals surface area contributed by atoms with E-state index in [9.17, 15) is 0 Å². The van der Waals surface area contributed by atoms with Crippen LogP contribution in [0.5, 0.6) is 0 Å². The maximum absolute atomic E-state index is 5.08. The molecule has 3 heterocycles. The highest BCUT2D eigenvalue weighted by atomic mass is 15.0. The Hall–Kier alpha value is -6.65. The second-order valence-corrected chi connectivity index (χ2v) is 13.2. The van der Waals surface area contributed by atoms with Gasteiger partial charge in [0.25, 0.3) is 0 Å². The zero-order valence-corrected chi connectivity index (χ0v) is 27.0. The van der Waals surface area contributed by atoms with E-state index in [1.54, 1.807) is 0 Å². The topological polar surface area (TPSA) is 43.6 Å². The highest BCUT2D eigenvalue weighted by molar-refractivity contribution is 6.12. The molecule has 11 rings (SSSR count). The Morgan fingerprint density at radius 1 is 0.380 bits per heavy atom. The van der Waals surface area contributed by atoms with E-state index in [1.807, 2.05) is 36.4 Å². The number of hydrogen-bond donors (Lipinski definition) is 0. The molecule has 2 aromatic heterocycles. The molecule has 4 heteroatoms. The Labute approximate surface area is 289 Å². The first-order valence-electron chi connectivity index (χ1n) is 17.0. The molecule has 1 aliphatic carbocycles. The molecular formula is C46H28N4. The van der Waals surface area contributed by atoms with Gasteiger partial charge in [-0.1, -0.05) is 152 Å². The van der Waals surface area contributed by atoms with E-state index in [-0.39, 0.29) is 0 Å². The summed E-state index contributed by atoms with van der Waals surface area (Å²) in [6, 6.07) is 60.7. The fourth-order valence-electron chi connectivity index (χ4n) is 8.64. The fraction of sp³-hybridized carbons (Fsp3) is 0.0217. The molecule has 1 atom stereocenters. The quantitative estimate of drug-likeness (QED) is 0.194. The van der Waals surface area contributed by atoms with Crippen molar-refractivity contribution in [2.24, 2.45) is 0 Å². The molecule has 7 aromatic carbocycles. The summed E-state index contributed by atoms with van der Waals surface area (Å²) < 4.78 is 2.48. The van der Waals surface area contributed by atoms with Gasteiger partial charge in [0, 0.05) is 27.5 Å². The summed E-state index contributed by atoms with van der Waals surface area (Å²) in [7, 11) is 0. The Morgan fingerprint density at radius 3 is 1.70 bits per heavy atom. The monoisotopic (exact) mass is 636 g/mol. The van der Waals surface area contributed by atoms with E-state index in [2.05, 4.69) is 138 Å². The van der Waals surface area contributed by atoms with Crippen molar-refractivity contribution in [2.45, 2.75) is 5.41 Å². The van der Waals surface area contributed by atoms with Crippen molar-refractivity contribution >= 4 is 21.8 Å². The van der Waals surface area contributed by atoms with E-state index in [1.165, 1.54) is 60.9 Å². The number of benzene rings is 7. The van der Waals surface area contributed by atoms with Crippen molar-refractivity contribution in [2.75, 3.05) is 0 Å². The van der Waals surface area contributed by atoms with Gasteiger partial charge in [-0.2, -0.15) is 0 Å². The molecule has 1 unspecified atom stereocenters. The third kappa shape index (κ3) is 3.57. The van der Waals surface area contributed by atoms with E-state index in [0.717, 1.165) is 16.7 Å². The van der Waals surface area contributed by atoms with Crippen LogP contribution in [0.1, 0.15) is 22.3 Å². The molecule has 0 saturated carbocycles. The van der Waals surface area contributed by atoms with Gasteiger partial charge in [0.1, 0.15) is 0 Å². The van der Waals surface area contributed by atoms with Gasteiger partial charge >= 0.3 is 0 Å². The van der Waals surface area contributed by atoms with Gasteiger partial charge in [-0.15, -0.1) is 0 Å². The molecule has 0 bridgehead atoms. The summed E-state index contributed by atoms with van der Waals surface area (Å²) in [5.74, 6) is 1.98. The first-order valence-corrected chi connectivity index (χ1v) is 17.0. The van der Waals surface area contributed by atoms with Crippen LogP contribution < -0.4 is 0 Å². The van der Waals surface area contributed by atoms with Crippen molar-refractivity contribution in [3.63, 3.8) is 0 Å². The molecule has 0 saturated heterocycles. The molecular weight excluding hydrogens is 609 g/mol. The van der Waals surface area contributed by atoms with Crippen molar-refractivity contribution < 1.29 is 0 Å². The van der Waals surface area contributed by atoms with E-state index in [0.29, 0.717) is 17.5 Å². The van der Waals surface area contributed by atoms with Crippen LogP contribution in [0.2, 0.25) is 0 Å². The van der Waals surface area contributed by atoms with Gasteiger partial charge in [0.15, 0.2) is 17.5 Å². The highest BCUT2D eigenvalue weighted by Gasteiger charge is 2.50. The minimum absolute atomic E-state index is 0.492. The summed E-state index contributed by atoms with van der Waals surface area (Å²) in [6.07, 6.45) is 0. The standard InChI is InChI=1S/C46H28N4/c1-3-14-29(15-4-1)43-47-44(30-16-5-2-6-17-30)49-45(48-43)31-26-27-37-35(28-31)32-18-7-9-21-36(32)46(37)38-22-10-12-25-41(38)50-40-24-11-8-19-33(40)34-20-13-23-39(46)42(34)50/h1-28H. The third-order valence-electron chi connectivity index (χ3n) is 10.7. The number of nitrogens with zero attached hydrogens (tertiary/aromatic N) is 4. The summed E-state index contributed by atoms with van der Waals surface area (Å²) in [5.41, 5.74) is 13.7. The van der Waals surface area contributed by atoms with Gasteiger partial charge in [-0.05, 0) is 51.6 Å². The molecule has 232 valence electrons. The van der Waals surface area contributed by atoms with E-state index >= 15 is 0 Å². The van der Waals surface area contributed by atoms with Crippen LogP contribution in [-0.4, -0.2) is 19.5 Å². The average molecular weight is 637 g/mol. The predicted octanol–water partition coefficient (Wildman–Crippen LogP) is 10.6. The molecule has 4 nitrogen and oxygen atoms in total. The molecule has 1 aliphatic heterocycles. The first-order chi connectivity index (χ1) is 24.8. The summed E-state index contributed by atoms with van der Waals surface area (Å²) >= 11 is 0. The minimum atomic E-state index is -0.492. The van der Waals surface area contributed by atoms with Crippen molar-refractivity contribution in [3.05, 3.63) is 192 Å². The zero-order valence-electron chi connectivity index (χ0n) is 27.0. The van der Waals surface area contributed by atoms with Crippen molar-refractivity contribution in [1.82, 2.24) is 19.5 Å². The lowest BCUT2D eigenvalue weighted by molar-refractivity contribution is 0.748. The maximum Gasteiger partial charge on any atom is 0.164 e. The number of para-hydroxylation sites is 3. The molecule has 1 spiro atoms. The highest BCUT2D eigenvalue weighted by Crippen LogP contribution is 2.61. The van der Waals surface area contributed by atoms with E-state index < -0.39 is 5.41 Å². The second-order valence-electron chi connectivity index (χ2n) is 13.2. The number of hydrogen-bond acceptors (Lipinski definition) is 3. The Morgan fingerprint density at radius 2 is 0.940 bits per heavy atom. The van der Waals surface area contributed by atoms with Gasteiger partial charge in [-0.3, -0.25) is 0 Å². The third-order valence-corrected chi connectivity index (χ3v) is 10.7. The van der Waals surface area contributed by atoms with Gasteiger partial charge in [0.2, 0.25) is 0 Å². The molecule has 2 aliphatic rings. The molecule has 9 aromatic rings. The first kappa shape index (κ1) is 27.3. The summed E-state index contributed by atoms with van der Waals surface area (Å²) in [5, 5.41) is 2.55. The normalized spacial score (nSPS) is 15.3. The number of fused-ring (bicyclic) bond motifs is 12. The summed E-state index contributed by atoms with van der Waals surface area (Å²) in [6.45, 7) is 0. The number of rotatable bonds is 3. The van der Waals surface area contributed by atoms with E-state index in [4.69, 9.17) is 15.0 Å². The average Bonchev–Trinajstić information content (AvgIpc) is 3.69. The van der Waals surface area contributed by atoms with Crippen LogP contribution in [0.15, 0.2) is 170 Å². The van der Waals surface area contributed by atoms with Crippen LogP contribution in [0.4, 0.5) is 0 Å². The van der Waals surface area contributed by atoms with Crippen LogP contribution in [0.25, 0.3) is 72.8 Å². The Kier molecular flexibility index (Phi) is 5.56. The van der Waals surface area contributed by atoms with Gasteiger partial charge in [0.05, 0.1) is 22.1 Å². The fourth-order valence-corrected chi connectivity index (χ4v) is 8.64. The minimum Gasteiger partial charge on any atom is -0.309 e. The van der Waals surface area contributed by atoms with Crippen molar-refractivity contribution in [1.29, 1.82) is 0 Å². The molecule has 50 heavy (non-hydrogen) atoms. The summed E-state index contributed by atoms with van der Waals surface area (Å²) in [4.78, 5) is 15.1. The smallest absolute Gasteiger partial charge is 0.164 e. The largest absolute Gasteiger partial charge is 0.309 e. The van der Waals surface area contributed by atoms with Gasteiger partial charge < -0.3 is 4.57 Å². The lowest BCUT2D eigenvalue weighted by atomic mass is 9.65. The maximum atomic E-state index is 5.08. The van der Waals surface area contributed by atoms with Crippen molar-refractivity contribution in [3.8, 4) is 51.0 Å². The van der Waals surface area contributed by atoms with Gasteiger partial charge in [-0.25, -0.2) is 15.0 Å². The predicted molar refractivity (Wildman–Crippen MR) is 201 cm³/mol. The zero-order chi connectivity index (χ0) is 32.8. The van der Waals surface area contributed by atoms with Crippen LogP contribution >= 0.6 is 0 Å². The molecule has 0 N–H and O–H groups in total. The van der Waals surface area contributed by atoms with Crippen LogP contribution in [0.3, 0.4) is 0 Å². The number of aromatic nitrogens is 4.